The van der Waals surface area contributed by atoms with E-state index in [-0.39, 0.29) is 5.91 Å². The van der Waals surface area contributed by atoms with Crippen LogP contribution in [0.3, 0.4) is 0 Å². The summed E-state index contributed by atoms with van der Waals surface area (Å²) in [5.41, 5.74) is 0. The number of nitrogens with one attached hydrogen (secondary N) is 1. The third kappa shape index (κ3) is 5.21. The van der Waals surface area contributed by atoms with Crippen LogP contribution in [0, 0.1) is 6.92 Å². The van der Waals surface area contributed by atoms with Crippen molar-refractivity contribution in [2.24, 2.45) is 0 Å². The molecule has 0 aliphatic rings. The monoisotopic (exact) mass is 98.1 g/mol. The molecule has 2 heteroatoms. The summed E-state index contributed by atoms with van der Waals surface area (Å²) in [7, 11) is 0. The van der Waals surface area contributed by atoms with Crippen molar-refractivity contribution < 1.29 is 4.79 Å². The molecule has 0 unspecified atom stereocenters. The number of carbonyl (C=O) groups excluding carboxylic acids is 1. The average molecular weight is 98.1 g/mol. The molecule has 39 valence electrons. The lowest BCUT2D eigenvalue weighted by atomic mass is 10.6. The predicted molar refractivity (Wildman–Crippen MR) is 28.3 cm³/mol. The number of allylic oxidation sites excluding steroid dienone is 1. The first-order chi connectivity index (χ1) is 3.27. The van der Waals surface area contributed by atoms with Crippen molar-refractivity contribution in [3.05, 3.63) is 19.2 Å². The SMILES string of the molecule is [CH2]C(=O)N/C=C\C. The highest BCUT2D eigenvalue weighted by molar-refractivity contribution is 5.80. The van der Waals surface area contributed by atoms with Gasteiger partial charge >= 0.3 is 0 Å². The van der Waals surface area contributed by atoms with E-state index in [9.17, 15) is 4.79 Å². The molecular formula is C5H8NO. The maximum Gasteiger partial charge on any atom is 0.224 e. The van der Waals surface area contributed by atoms with Gasteiger partial charge in [-0.05, 0) is 13.1 Å². The van der Waals surface area contributed by atoms with Crippen LogP contribution in [0.4, 0.5) is 0 Å². The Kier molecular flexibility index (Phi) is 3.02. The van der Waals surface area contributed by atoms with Crippen molar-refractivity contribution in [2.45, 2.75) is 6.92 Å². The summed E-state index contributed by atoms with van der Waals surface area (Å²) in [4.78, 5) is 9.93. The van der Waals surface area contributed by atoms with Crippen LogP contribution >= 0.6 is 0 Å². The molecule has 0 heterocycles. The van der Waals surface area contributed by atoms with Gasteiger partial charge in [-0.1, -0.05) is 6.08 Å². The van der Waals surface area contributed by atoms with Crippen LogP contribution in [0.15, 0.2) is 12.3 Å². The van der Waals surface area contributed by atoms with Crippen molar-refractivity contribution in [3.8, 4) is 0 Å². The molecule has 0 rings (SSSR count). The second-order valence-electron chi connectivity index (χ2n) is 1.07. The quantitative estimate of drug-likeness (QED) is 0.507. The fourth-order valence-corrected chi connectivity index (χ4v) is 0.176. The van der Waals surface area contributed by atoms with Gasteiger partial charge in [0.2, 0.25) is 5.91 Å². The Labute approximate surface area is 43.2 Å². The fraction of sp³-hybridized carbons (Fsp3) is 0.200. The summed E-state index contributed by atoms with van der Waals surface area (Å²) < 4.78 is 0. The molecule has 2 nitrogen and oxygen atoms in total. The molecular weight excluding hydrogens is 90.1 g/mol. The molecule has 0 aromatic heterocycles. The molecule has 0 saturated carbocycles. The molecule has 0 atom stereocenters. The Morgan fingerprint density at radius 2 is 2.43 bits per heavy atom. The first kappa shape index (κ1) is 6.21. The van der Waals surface area contributed by atoms with E-state index in [0.29, 0.717) is 0 Å². The van der Waals surface area contributed by atoms with E-state index in [1.54, 1.807) is 6.08 Å². The largest absolute Gasteiger partial charge is 0.333 e. The maximum absolute atomic E-state index is 9.93. The zero-order chi connectivity index (χ0) is 5.70. The summed E-state index contributed by atoms with van der Waals surface area (Å²) >= 11 is 0. The Bertz CT molecular complexity index is 86.1. The molecule has 1 N–H and O–H groups in total. The molecule has 0 bridgehead atoms. The molecule has 1 amide bonds. The second kappa shape index (κ2) is 3.40. The van der Waals surface area contributed by atoms with Gasteiger partial charge in [0, 0.05) is 6.92 Å². The zero-order valence-electron chi connectivity index (χ0n) is 4.27. The lowest BCUT2D eigenvalue weighted by molar-refractivity contribution is -0.115. The van der Waals surface area contributed by atoms with E-state index >= 15 is 0 Å². The van der Waals surface area contributed by atoms with Crippen molar-refractivity contribution in [3.63, 3.8) is 0 Å². The number of carbonyl (C=O) groups is 1. The summed E-state index contributed by atoms with van der Waals surface area (Å²) in [6.07, 6.45) is 3.26. The minimum Gasteiger partial charge on any atom is -0.333 e. The topological polar surface area (TPSA) is 29.1 Å². The normalized spacial score (nSPS) is 9.43. The van der Waals surface area contributed by atoms with Crippen LogP contribution in [0.25, 0.3) is 0 Å². The van der Waals surface area contributed by atoms with Crippen molar-refractivity contribution in [1.82, 2.24) is 5.32 Å². The third-order valence-corrected chi connectivity index (χ3v) is 0.411. The highest BCUT2D eigenvalue weighted by atomic mass is 16.1. The molecule has 0 aromatic rings. The van der Waals surface area contributed by atoms with E-state index in [2.05, 4.69) is 12.2 Å². The first-order valence-corrected chi connectivity index (χ1v) is 2.01. The molecule has 0 aromatic carbocycles. The lowest BCUT2D eigenvalue weighted by Crippen LogP contribution is -2.11. The minimum absolute atomic E-state index is 0.280. The average Bonchev–Trinajstić information content (AvgIpc) is 1.61. The number of amides is 1. The van der Waals surface area contributed by atoms with Gasteiger partial charge in [-0.3, -0.25) is 4.79 Å². The highest BCUT2D eigenvalue weighted by Crippen LogP contribution is 1.61. The molecule has 0 saturated heterocycles. The number of rotatable bonds is 1. The summed E-state index contributed by atoms with van der Waals surface area (Å²) in [6.45, 7) is 4.89. The van der Waals surface area contributed by atoms with E-state index in [1.165, 1.54) is 6.20 Å². The van der Waals surface area contributed by atoms with E-state index < -0.39 is 0 Å². The molecule has 0 fully saturated rings. The smallest absolute Gasteiger partial charge is 0.224 e. The van der Waals surface area contributed by atoms with Gasteiger partial charge in [0.15, 0.2) is 0 Å². The van der Waals surface area contributed by atoms with Gasteiger partial charge in [0.25, 0.3) is 0 Å². The van der Waals surface area contributed by atoms with Crippen LogP contribution in [0.2, 0.25) is 0 Å². The van der Waals surface area contributed by atoms with Gasteiger partial charge < -0.3 is 5.32 Å². The van der Waals surface area contributed by atoms with Crippen molar-refractivity contribution in [2.75, 3.05) is 0 Å². The molecule has 7 heavy (non-hydrogen) atoms. The second-order valence-corrected chi connectivity index (χ2v) is 1.07. The van der Waals surface area contributed by atoms with Gasteiger partial charge in [-0.2, -0.15) is 0 Å². The third-order valence-electron chi connectivity index (χ3n) is 0.411. The van der Waals surface area contributed by atoms with E-state index in [4.69, 9.17) is 0 Å². The Morgan fingerprint density at radius 1 is 1.86 bits per heavy atom. The predicted octanol–water partition coefficient (Wildman–Crippen LogP) is 0.470. The van der Waals surface area contributed by atoms with Gasteiger partial charge in [-0.15, -0.1) is 0 Å². The standard InChI is InChI=1S/C5H8NO/c1-3-4-6-5(2)7/h3-4H,2H2,1H3,(H,6,7)/b4-3-. The van der Waals surface area contributed by atoms with E-state index in [0.717, 1.165) is 0 Å². The van der Waals surface area contributed by atoms with Crippen LogP contribution in [0.5, 0.6) is 0 Å². The van der Waals surface area contributed by atoms with Crippen LogP contribution in [0.1, 0.15) is 6.92 Å². The fourth-order valence-electron chi connectivity index (χ4n) is 0.176. The number of hydrogen-bond acceptors (Lipinski definition) is 1. The minimum atomic E-state index is -0.280. The zero-order valence-corrected chi connectivity index (χ0v) is 4.27. The Hall–Kier alpha value is -0.790. The molecule has 0 aliphatic carbocycles. The van der Waals surface area contributed by atoms with Crippen LogP contribution in [-0.2, 0) is 4.79 Å². The van der Waals surface area contributed by atoms with E-state index in [1.807, 2.05) is 6.92 Å². The van der Waals surface area contributed by atoms with Gasteiger partial charge in [0.05, 0.1) is 0 Å². The van der Waals surface area contributed by atoms with Crippen LogP contribution < -0.4 is 5.32 Å². The van der Waals surface area contributed by atoms with Crippen molar-refractivity contribution in [1.29, 1.82) is 0 Å². The lowest BCUT2D eigenvalue weighted by Gasteiger charge is -1.85. The number of hydrogen-bond donors (Lipinski definition) is 1. The Morgan fingerprint density at radius 3 is 2.57 bits per heavy atom. The van der Waals surface area contributed by atoms with Crippen molar-refractivity contribution >= 4 is 5.91 Å². The van der Waals surface area contributed by atoms with Gasteiger partial charge in [-0.25, -0.2) is 0 Å². The molecule has 0 spiro atoms. The molecule has 0 aliphatic heterocycles. The first-order valence-electron chi connectivity index (χ1n) is 2.01. The Balaban J connectivity index is 3.14. The highest BCUT2D eigenvalue weighted by Gasteiger charge is 1.77. The van der Waals surface area contributed by atoms with Gasteiger partial charge in [0.1, 0.15) is 0 Å². The summed E-state index contributed by atoms with van der Waals surface area (Å²) in [5.74, 6) is -0.280. The summed E-state index contributed by atoms with van der Waals surface area (Å²) in [5, 5.41) is 2.36. The molecule has 1 radical (unpaired) electrons. The van der Waals surface area contributed by atoms with Crippen LogP contribution in [-0.4, -0.2) is 5.91 Å². The maximum atomic E-state index is 9.93. The summed E-state index contributed by atoms with van der Waals surface area (Å²) in [6, 6.07) is 0.